The Morgan fingerprint density at radius 3 is 2.86 bits per heavy atom. The number of ether oxygens (including phenoxy) is 1. The van der Waals surface area contributed by atoms with Crippen molar-refractivity contribution in [2.24, 2.45) is 5.41 Å². The highest BCUT2D eigenvalue weighted by atomic mass is 16.5. The summed E-state index contributed by atoms with van der Waals surface area (Å²) in [6.45, 7) is 4.81. The van der Waals surface area contributed by atoms with Crippen LogP contribution in [0.25, 0.3) is 11.0 Å². The molecule has 0 spiro atoms. The molecular formula is C17H23N3O2. The minimum atomic E-state index is -0.00244. The Morgan fingerprint density at radius 1 is 1.36 bits per heavy atom. The summed E-state index contributed by atoms with van der Waals surface area (Å²) in [6.07, 6.45) is 6.31. The minimum Gasteiger partial charge on any atom is -0.396 e. The van der Waals surface area contributed by atoms with Gasteiger partial charge in [-0.1, -0.05) is 0 Å². The van der Waals surface area contributed by atoms with Crippen molar-refractivity contribution in [2.45, 2.75) is 18.8 Å². The zero-order chi connectivity index (χ0) is 15.0. The number of aromatic nitrogens is 2. The first kappa shape index (κ1) is 14.2. The summed E-state index contributed by atoms with van der Waals surface area (Å²) in [5.41, 5.74) is 2.40. The smallest absolute Gasteiger partial charge is 0.137 e. The highest BCUT2D eigenvalue weighted by Gasteiger charge is 2.40. The number of rotatable bonds is 4. The lowest BCUT2D eigenvalue weighted by Gasteiger charge is -2.45. The van der Waals surface area contributed by atoms with E-state index in [0.717, 1.165) is 25.3 Å². The fourth-order valence-corrected chi connectivity index (χ4v) is 3.81. The quantitative estimate of drug-likeness (QED) is 0.903. The molecule has 2 aliphatic heterocycles. The normalized spacial score (nSPS) is 22.8. The number of nitrogens with one attached hydrogen (secondary N) is 1. The van der Waals surface area contributed by atoms with E-state index in [1.807, 2.05) is 12.3 Å². The SMILES string of the molecule is OCC1(CN2CCC(c3c[nH]c4ncccc34)CC2)COC1. The fraction of sp³-hybridized carbons (Fsp3) is 0.588. The number of nitrogens with zero attached hydrogens (tertiary/aromatic N) is 2. The number of H-pyrrole nitrogens is 1. The van der Waals surface area contributed by atoms with Crippen molar-refractivity contribution in [1.82, 2.24) is 14.9 Å². The third-order valence-electron chi connectivity index (χ3n) is 5.22. The van der Waals surface area contributed by atoms with Crippen LogP contribution in [-0.4, -0.2) is 59.4 Å². The van der Waals surface area contributed by atoms with Gasteiger partial charge in [0.05, 0.1) is 25.2 Å². The Labute approximate surface area is 130 Å². The molecule has 0 saturated carbocycles. The van der Waals surface area contributed by atoms with Gasteiger partial charge in [0.25, 0.3) is 0 Å². The molecule has 0 amide bonds. The van der Waals surface area contributed by atoms with Gasteiger partial charge in [-0.2, -0.15) is 0 Å². The van der Waals surface area contributed by atoms with Crippen LogP contribution >= 0.6 is 0 Å². The first-order valence-electron chi connectivity index (χ1n) is 8.13. The van der Waals surface area contributed by atoms with Gasteiger partial charge in [0.15, 0.2) is 0 Å². The van der Waals surface area contributed by atoms with Crippen LogP contribution in [0.4, 0.5) is 0 Å². The molecule has 22 heavy (non-hydrogen) atoms. The van der Waals surface area contributed by atoms with Gasteiger partial charge in [0, 0.05) is 24.3 Å². The fourth-order valence-electron chi connectivity index (χ4n) is 3.81. The number of aromatic amines is 1. The molecule has 2 fully saturated rings. The first-order valence-corrected chi connectivity index (χ1v) is 8.13. The van der Waals surface area contributed by atoms with Crippen molar-refractivity contribution >= 4 is 11.0 Å². The van der Waals surface area contributed by atoms with Gasteiger partial charge in [-0.15, -0.1) is 0 Å². The van der Waals surface area contributed by atoms with Gasteiger partial charge in [-0.3, -0.25) is 0 Å². The molecule has 0 aromatic carbocycles. The van der Waals surface area contributed by atoms with Crippen LogP contribution in [0.2, 0.25) is 0 Å². The molecule has 0 atom stereocenters. The summed E-state index contributed by atoms with van der Waals surface area (Å²) in [7, 11) is 0. The number of fused-ring (bicyclic) bond motifs is 1. The molecule has 0 radical (unpaired) electrons. The lowest BCUT2D eigenvalue weighted by molar-refractivity contribution is -0.149. The molecule has 5 nitrogen and oxygen atoms in total. The molecule has 2 aliphatic rings. The molecule has 118 valence electrons. The van der Waals surface area contributed by atoms with E-state index in [9.17, 15) is 5.11 Å². The zero-order valence-corrected chi connectivity index (χ0v) is 12.8. The lowest BCUT2D eigenvalue weighted by Crippen LogP contribution is -2.54. The van der Waals surface area contributed by atoms with Crippen molar-refractivity contribution in [3.8, 4) is 0 Å². The predicted octanol–water partition coefficient (Wildman–Crippen LogP) is 1.75. The molecule has 4 heterocycles. The van der Waals surface area contributed by atoms with E-state index in [4.69, 9.17) is 4.74 Å². The Bertz CT molecular complexity index is 637. The third-order valence-corrected chi connectivity index (χ3v) is 5.22. The van der Waals surface area contributed by atoms with Gasteiger partial charge >= 0.3 is 0 Å². The summed E-state index contributed by atoms with van der Waals surface area (Å²) in [5.74, 6) is 0.608. The largest absolute Gasteiger partial charge is 0.396 e. The van der Waals surface area contributed by atoms with Crippen molar-refractivity contribution in [3.05, 3.63) is 30.1 Å². The molecule has 2 N–H and O–H groups in total. The molecule has 0 unspecified atom stereocenters. The van der Waals surface area contributed by atoms with Crippen LogP contribution in [0.3, 0.4) is 0 Å². The average molecular weight is 301 g/mol. The molecule has 2 aromatic heterocycles. The zero-order valence-electron chi connectivity index (χ0n) is 12.8. The molecule has 2 saturated heterocycles. The molecule has 0 bridgehead atoms. The second-order valence-electron chi connectivity index (χ2n) is 6.84. The van der Waals surface area contributed by atoms with Gasteiger partial charge in [-0.05, 0) is 49.5 Å². The predicted molar refractivity (Wildman–Crippen MR) is 84.8 cm³/mol. The number of aliphatic hydroxyl groups excluding tert-OH is 1. The second kappa shape index (κ2) is 5.65. The topological polar surface area (TPSA) is 61.4 Å². The van der Waals surface area contributed by atoms with Gasteiger partial charge in [-0.25, -0.2) is 4.98 Å². The van der Waals surface area contributed by atoms with E-state index >= 15 is 0 Å². The Morgan fingerprint density at radius 2 is 2.18 bits per heavy atom. The minimum absolute atomic E-state index is 0.00244. The average Bonchev–Trinajstić information content (AvgIpc) is 2.96. The van der Waals surface area contributed by atoms with Gasteiger partial charge in [0.2, 0.25) is 0 Å². The number of likely N-dealkylation sites (tertiary alicyclic amines) is 1. The highest BCUT2D eigenvalue weighted by molar-refractivity contribution is 5.80. The van der Waals surface area contributed by atoms with E-state index in [1.165, 1.54) is 23.8 Å². The van der Waals surface area contributed by atoms with Crippen LogP contribution in [-0.2, 0) is 4.74 Å². The van der Waals surface area contributed by atoms with Crippen molar-refractivity contribution in [2.75, 3.05) is 39.5 Å². The van der Waals surface area contributed by atoms with Crippen LogP contribution in [0.15, 0.2) is 24.5 Å². The van der Waals surface area contributed by atoms with Gasteiger partial charge in [0.1, 0.15) is 5.65 Å². The van der Waals surface area contributed by atoms with E-state index in [-0.39, 0.29) is 12.0 Å². The summed E-state index contributed by atoms with van der Waals surface area (Å²) in [6, 6.07) is 4.17. The standard InChI is InChI=1S/C17H23N3O2/c21-10-17(11-22-12-17)9-20-6-3-13(4-7-20)15-8-19-16-14(15)2-1-5-18-16/h1-2,5,8,13,21H,3-4,6-7,9-12H2,(H,18,19). The number of pyridine rings is 1. The first-order chi connectivity index (χ1) is 10.8. The van der Waals surface area contributed by atoms with Crippen molar-refractivity contribution in [1.29, 1.82) is 0 Å². The molecule has 5 heteroatoms. The lowest BCUT2D eigenvalue weighted by atomic mass is 9.84. The summed E-state index contributed by atoms with van der Waals surface area (Å²) in [5, 5.41) is 10.8. The van der Waals surface area contributed by atoms with Crippen molar-refractivity contribution in [3.63, 3.8) is 0 Å². The number of hydrogen-bond acceptors (Lipinski definition) is 4. The second-order valence-corrected chi connectivity index (χ2v) is 6.84. The summed E-state index contributed by atoms with van der Waals surface area (Å²) >= 11 is 0. The maximum Gasteiger partial charge on any atom is 0.137 e. The maximum absolute atomic E-state index is 9.57. The van der Waals surface area contributed by atoms with E-state index < -0.39 is 0 Å². The Balaban J connectivity index is 1.41. The van der Waals surface area contributed by atoms with Crippen LogP contribution < -0.4 is 0 Å². The highest BCUT2D eigenvalue weighted by Crippen LogP contribution is 2.34. The number of aliphatic hydroxyl groups is 1. The van der Waals surface area contributed by atoms with Gasteiger partial charge < -0.3 is 19.7 Å². The number of piperidine rings is 1. The number of hydrogen-bond donors (Lipinski definition) is 2. The van der Waals surface area contributed by atoms with Crippen LogP contribution in [0.1, 0.15) is 24.3 Å². The van der Waals surface area contributed by atoms with Crippen molar-refractivity contribution < 1.29 is 9.84 Å². The monoisotopic (exact) mass is 301 g/mol. The molecule has 0 aliphatic carbocycles. The van der Waals surface area contributed by atoms with Crippen LogP contribution in [0.5, 0.6) is 0 Å². The van der Waals surface area contributed by atoms with E-state index in [1.54, 1.807) is 0 Å². The van der Waals surface area contributed by atoms with Crippen LogP contribution in [0, 0.1) is 5.41 Å². The Kier molecular flexibility index (Phi) is 3.64. The summed E-state index contributed by atoms with van der Waals surface area (Å²) in [4.78, 5) is 10.2. The maximum atomic E-state index is 9.57. The summed E-state index contributed by atoms with van der Waals surface area (Å²) < 4.78 is 5.30. The molecule has 4 rings (SSSR count). The third kappa shape index (κ3) is 2.43. The van der Waals surface area contributed by atoms with E-state index in [0.29, 0.717) is 19.1 Å². The molecule has 2 aromatic rings. The molecular weight excluding hydrogens is 278 g/mol. The van der Waals surface area contributed by atoms with E-state index in [2.05, 4.69) is 27.1 Å². The Hall–Kier alpha value is -1.43.